The zero-order valence-electron chi connectivity index (χ0n) is 19.9. The van der Waals surface area contributed by atoms with Crippen LogP contribution in [0.2, 0.25) is 15.5 Å². The molecular formula is C26H29Cl3N4O2. The monoisotopic (exact) mass is 534 g/mol. The molecule has 9 heteroatoms. The van der Waals surface area contributed by atoms with Crippen LogP contribution in [0.1, 0.15) is 72.7 Å². The first-order chi connectivity index (χ1) is 17.0. The van der Waals surface area contributed by atoms with Gasteiger partial charge in [0.1, 0.15) is 11.5 Å². The van der Waals surface area contributed by atoms with E-state index in [0.29, 0.717) is 27.3 Å². The van der Waals surface area contributed by atoms with Crippen molar-refractivity contribution in [2.75, 3.05) is 14.2 Å². The summed E-state index contributed by atoms with van der Waals surface area (Å²) in [5, 5.41) is 17.3. The summed E-state index contributed by atoms with van der Waals surface area (Å²) in [6, 6.07) is 9.83. The maximum Gasteiger partial charge on any atom is 0.155 e. The van der Waals surface area contributed by atoms with Gasteiger partial charge in [-0.1, -0.05) is 53.7 Å². The Morgan fingerprint density at radius 1 is 0.743 bits per heavy atom. The molecule has 6 nitrogen and oxygen atoms in total. The van der Waals surface area contributed by atoms with E-state index < -0.39 is 0 Å². The van der Waals surface area contributed by atoms with E-state index in [9.17, 15) is 0 Å². The zero-order valence-corrected chi connectivity index (χ0v) is 22.2. The van der Waals surface area contributed by atoms with Crippen molar-refractivity contribution < 1.29 is 9.47 Å². The standard InChI is InChI=1S/C18H21ClN2O2.C8H8Cl2N2/c1-22-15-9-7-13(17(11-15)23-2)6-8-14-10-16(12-4-3-5-12)18(19)21-20-14;9-7-4-6(5-2-1-3-5)8(10)12-11-7/h7,9-12H,3-6,8H2,1-2H3;4-5H,1-3H2. The Morgan fingerprint density at radius 2 is 1.37 bits per heavy atom. The lowest BCUT2D eigenvalue weighted by molar-refractivity contribution is 0.391. The van der Waals surface area contributed by atoms with Crippen LogP contribution in [-0.2, 0) is 12.8 Å². The van der Waals surface area contributed by atoms with Gasteiger partial charge in [-0.2, -0.15) is 5.10 Å². The third kappa shape index (κ3) is 6.54. The molecule has 35 heavy (non-hydrogen) atoms. The lowest BCUT2D eigenvalue weighted by atomic mass is 9.80. The first-order valence-electron chi connectivity index (χ1n) is 11.9. The summed E-state index contributed by atoms with van der Waals surface area (Å²) >= 11 is 17.8. The molecule has 0 unspecified atom stereocenters. The van der Waals surface area contributed by atoms with Gasteiger partial charge in [-0.25, -0.2) is 0 Å². The number of aromatic nitrogens is 4. The molecule has 186 valence electrons. The molecule has 0 saturated heterocycles. The average Bonchev–Trinajstić information content (AvgIpc) is 2.80. The predicted octanol–water partition coefficient (Wildman–Crippen LogP) is 7.25. The molecule has 1 aromatic carbocycles. The normalized spacial score (nSPS) is 15.5. The molecule has 2 heterocycles. The fourth-order valence-electron chi connectivity index (χ4n) is 4.25. The smallest absolute Gasteiger partial charge is 0.155 e. The zero-order chi connectivity index (χ0) is 24.8. The van der Waals surface area contributed by atoms with Gasteiger partial charge in [0.05, 0.1) is 19.9 Å². The Hall–Kier alpha value is -2.15. The van der Waals surface area contributed by atoms with Crippen LogP contribution in [0.5, 0.6) is 11.5 Å². The van der Waals surface area contributed by atoms with E-state index in [1.807, 2.05) is 24.3 Å². The van der Waals surface area contributed by atoms with Gasteiger partial charge >= 0.3 is 0 Å². The minimum atomic E-state index is 0.432. The molecule has 0 radical (unpaired) electrons. The largest absolute Gasteiger partial charge is 0.497 e. The van der Waals surface area contributed by atoms with Gasteiger partial charge in [0.15, 0.2) is 15.5 Å². The van der Waals surface area contributed by atoms with Crippen molar-refractivity contribution in [1.82, 2.24) is 20.4 Å². The number of methoxy groups -OCH3 is 2. The summed E-state index contributed by atoms with van der Waals surface area (Å²) in [5.74, 6) is 2.76. The van der Waals surface area contributed by atoms with E-state index in [1.165, 1.54) is 38.5 Å². The molecule has 0 N–H and O–H groups in total. The van der Waals surface area contributed by atoms with E-state index >= 15 is 0 Å². The van der Waals surface area contributed by atoms with Crippen LogP contribution in [0.15, 0.2) is 30.3 Å². The number of hydrogen-bond donors (Lipinski definition) is 0. The van der Waals surface area contributed by atoms with Gasteiger partial charge in [-0.15, -0.1) is 15.3 Å². The maximum atomic E-state index is 6.19. The topological polar surface area (TPSA) is 70.0 Å². The van der Waals surface area contributed by atoms with Crippen LogP contribution in [0.25, 0.3) is 0 Å². The van der Waals surface area contributed by atoms with Crippen LogP contribution in [0.3, 0.4) is 0 Å². The van der Waals surface area contributed by atoms with Crippen LogP contribution < -0.4 is 9.47 Å². The van der Waals surface area contributed by atoms with E-state index in [2.05, 4.69) is 26.5 Å². The van der Waals surface area contributed by atoms with Gasteiger partial charge < -0.3 is 9.47 Å². The van der Waals surface area contributed by atoms with Crippen molar-refractivity contribution in [1.29, 1.82) is 0 Å². The summed E-state index contributed by atoms with van der Waals surface area (Å²) in [7, 11) is 3.33. The molecule has 0 amide bonds. The van der Waals surface area contributed by atoms with Crippen LogP contribution in [-0.4, -0.2) is 34.6 Å². The fraction of sp³-hybridized carbons (Fsp3) is 0.462. The minimum absolute atomic E-state index is 0.432. The van der Waals surface area contributed by atoms with Crippen molar-refractivity contribution >= 4 is 34.8 Å². The summed E-state index contributed by atoms with van der Waals surface area (Å²) in [6.07, 6.45) is 9.01. The lowest BCUT2D eigenvalue weighted by Crippen LogP contribution is -2.11. The average molecular weight is 536 g/mol. The van der Waals surface area contributed by atoms with Gasteiger partial charge in [0.25, 0.3) is 0 Å². The number of ether oxygens (including phenoxy) is 2. The molecule has 0 atom stereocenters. The number of benzene rings is 1. The van der Waals surface area contributed by atoms with Crippen LogP contribution in [0, 0.1) is 0 Å². The highest BCUT2D eigenvalue weighted by Crippen LogP contribution is 2.40. The van der Waals surface area contributed by atoms with E-state index in [0.717, 1.165) is 46.7 Å². The molecule has 2 fully saturated rings. The predicted molar refractivity (Wildman–Crippen MR) is 139 cm³/mol. The van der Waals surface area contributed by atoms with Crippen molar-refractivity contribution in [3.63, 3.8) is 0 Å². The third-order valence-electron chi connectivity index (χ3n) is 6.81. The second-order valence-electron chi connectivity index (χ2n) is 8.93. The summed E-state index contributed by atoms with van der Waals surface area (Å²) < 4.78 is 10.7. The summed E-state index contributed by atoms with van der Waals surface area (Å²) in [5.41, 5.74) is 4.33. The number of nitrogens with zero attached hydrogens (tertiary/aromatic N) is 4. The molecule has 0 bridgehead atoms. The Bertz CT molecular complexity index is 1150. The fourth-order valence-corrected chi connectivity index (χ4v) is 4.90. The van der Waals surface area contributed by atoms with Gasteiger partial charge in [-0.05, 0) is 85.3 Å². The van der Waals surface area contributed by atoms with E-state index in [-0.39, 0.29) is 0 Å². The quantitative estimate of drug-likeness (QED) is 0.317. The molecule has 0 spiro atoms. The molecule has 2 aliphatic carbocycles. The number of halogens is 3. The molecule has 3 aromatic rings. The highest BCUT2D eigenvalue weighted by molar-refractivity contribution is 6.31. The van der Waals surface area contributed by atoms with Crippen LogP contribution in [0.4, 0.5) is 0 Å². The van der Waals surface area contributed by atoms with E-state index in [1.54, 1.807) is 14.2 Å². The third-order valence-corrected chi connectivity index (χ3v) is 7.58. The van der Waals surface area contributed by atoms with Crippen molar-refractivity contribution in [2.24, 2.45) is 0 Å². The molecule has 2 saturated carbocycles. The highest BCUT2D eigenvalue weighted by atomic mass is 35.5. The minimum Gasteiger partial charge on any atom is -0.497 e. The van der Waals surface area contributed by atoms with Crippen molar-refractivity contribution in [3.05, 3.63) is 68.2 Å². The van der Waals surface area contributed by atoms with Gasteiger partial charge in [-0.3, -0.25) is 0 Å². The molecular weight excluding hydrogens is 507 g/mol. The maximum absolute atomic E-state index is 6.19. The molecule has 5 rings (SSSR count). The Balaban J connectivity index is 0.000000201. The van der Waals surface area contributed by atoms with Crippen molar-refractivity contribution in [2.45, 2.75) is 63.2 Å². The Labute approximate surface area is 221 Å². The lowest BCUT2D eigenvalue weighted by Gasteiger charge is -2.26. The second kappa shape index (κ2) is 12.2. The highest BCUT2D eigenvalue weighted by Gasteiger charge is 2.24. The van der Waals surface area contributed by atoms with E-state index in [4.69, 9.17) is 44.3 Å². The molecule has 2 aromatic heterocycles. The Kier molecular flexibility index (Phi) is 9.04. The molecule has 2 aliphatic rings. The van der Waals surface area contributed by atoms with Crippen molar-refractivity contribution in [3.8, 4) is 11.5 Å². The first kappa shape index (κ1) is 25.9. The number of hydrogen-bond acceptors (Lipinski definition) is 6. The summed E-state index contributed by atoms with van der Waals surface area (Å²) in [4.78, 5) is 0. The Morgan fingerprint density at radius 3 is 1.94 bits per heavy atom. The SMILES string of the molecule is COc1ccc(CCc2cc(C3CCC3)c(Cl)nn2)c(OC)c1.Clc1cc(C2CCC2)c(Cl)nn1. The number of aryl methyl sites for hydroxylation is 2. The van der Waals surface area contributed by atoms with Gasteiger partial charge in [0.2, 0.25) is 0 Å². The van der Waals surface area contributed by atoms with Gasteiger partial charge in [0, 0.05) is 6.07 Å². The van der Waals surface area contributed by atoms with Crippen LogP contribution >= 0.6 is 34.8 Å². The second-order valence-corrected chi connectivity index (χ2v) is 10.0. The molecule has 0 aliphatic heterocycles. The first-order valence-corrected chi connectivity index (χ1v) is 13.0. The summed E-state index contributed by atoms with van der Waals surface area (Å²) in [6.45, 7) is 0. The number of rotatable bonds is 7.